The first kappa shape index (κ1) is 20.3. The number of nitrogens with zero attached hydrogens (tertiary/aromatic N) is 3. The molecule has 0 N–H and O–H groups in total. The Labute approximate surface area is 165 Å². The van der Waals surface area contributed by atoms with E-state index in [4.69, 9.17) is 4.74 Å². The van der Waals surface area contributed by atoms with Gasteiger partial charge in [0.2, 0.25) is 0 Å². The molecule has 3 atom stereocenters. The van der Waals surface area contributed by atoms with E-state index in [-0.39, 0.29) is 24.3 Å². The third-order valence-corrected chi connectivity index (χ3v) is 5.87. The van der Waals surface area contributed by atoms with Crippen LogP contribution in [0.1, 0.15) is 52.8 Å². The molecular formula is C21H29N3O4. The lowest BCUT2D eigenvalue weighted by atomic mass is 9.75. The number of hydrogen-bond donors (Lipinski definition) is 0. The van der Waals surface area contributed by atoms with E-state index in [9.17, 15) is 14.9 Å². The second-order valence-electron chi connectivity index (χ2n) is 8.25. The van der Waals surface area contributed by atoms with Gasteiger partial charge in [0.25, 0.3) is 5.69 Å². The lowest BCUT2D eigenvalue weighted by Crippen LogP contribution is -2.36. The lowest BCUT2D eigenvalue weighted by molar-refractivity contribution is -0.384. The van der Waals surface area contributed by atoms with E-state index in [1.165, 1.54) is 18.6 Å². The van der Waals surface area contributed by atoms with Gasteiger partial charge in [0, 0.05) is 18.6 Å². The van der Waals surface area contributed by atoms with Gasteiger partial charge >= 0.3 is 5.97 Å². The number of rotatable bonds is 6. The summed E-state index contributed by atoms with van der Waals surface area (Å²) in [7, 11) is 0. The molecular weight excluding hydrogens is 358 g/mol. The van der Waals surface area contributed by atoms with Gasteiger partial charge in [-0.1, -0.05) is 34.1 Å². The number of imidazole rings is 1. The van der Waals surface area contributed by atoms with Gasteiger partial charge in [0.1, 0.15) is 18.5 Å². The van der Waals surface area contributed by atoms with Crippen molar-refractivity contribution in [1.82, 2.24) is 9.55 Å². The fourth-order valence-corrected chi connectivity index (χ4v) is 4.31. The van der Waals surface area contributed by atoms with Gasteiger partial charge < -0.3 is 9.30 Å². The molecule has 0 aliphatic heterocycles. The Morgan fingerprint density at radius 2 is 2.14 bits per heavy atom. The quantitative estimate of drug-likeness (QED) is 0.413. The third-order valence-electron chi connectivity index (χ3n) is 5.87. The highest BCUT2D eigenvalue weighted by Gasteiger charge is 2.33. The molecule has 2 aromatic rings. The average molecular weight is 387 g/mol. The molecule has 3 rings (SSSR count). The summed E-state index contributed by atoms with van der Waals surface area (Å²) in [6.07, 6.45) is 3.71. The highest BCUT2D eigenvalue weighted by atomic mass is 16.6. The Balaban J connectivity index is 1.83. The van der Waals surface area contributed by atoms with Crippen LogP contribution in [0.25, 0.3) is 11.0 Å². The van der Waals surface area contributed by atoms with Crippen molar-refractivity contribution < 1.29 is 14.5 Å². The van der Waals surface area contributed by atoms with Crippen LogP contribution in [0.15, 0.2) is 18.2 Å². The molecule has 1 saturated carbocycles. The maximum absolute atomic E-state index is 12.8. The zero-order valence-corrected chi connectivity index (χ0v) is 17.1. The standard InChI is InChI=1S/C21H29N3O4/c1-5-20-22-17-9-7-15(24(26)27)11-18(17)23(20)12-21(25)28-19-10-14(4)6-8-16(19)13(2)3/h7,9,11,13-14,16,19H,5-6,8,10,12H2,1-4H3/t14?,16?,19-/m1/s1. The monoisotopic (exact) mass is 387 g/mol. The van der Waals surface area contributed by atoms with Crippen molar-refractivity contribution in [2.75, 3.05) is 0 Å². The van der Waals surface area contributed by atoms with Crippen molar-refractivity contribution in [3.05, 3.63) is 34.1 Å². The van der Waals surface area contributed by atoms with Crippen molar-refractivity contribution in [3.63, 3.8) is 0 Å². The summed E-state index contributed by atoms with van der Waals surface area (Å²) in [5, 5.41) is 11.1. The van der Waals surface area contributed by atoms with E-state index >= 15 is 0 Å². The van der Waals surface area contributed by atoms with Crippen molar-refractivity contribution in [3.8, 4) is 0 Å². The molecule has 1 aromatic carbocycles. The molecule has 0 spiro atoms. The normalized spacial score (nSPS) is 22.5. The Morgan fingerprint density at radius 1 is 1.39 bits per heavy atom. The fourth-order valence-electron chi connectivity index (χ4n) is 4.31. The average Bonchev–Trinajstić information content (AvgIpc) is 2.98. The largest absolute Gasteiger partial charge is 0.461 e. The number of ether oxygens (including phenoxy) is 1. The molecule has 0 amide bonds. The Kier molecular flexibility index (Phi) is 6.01. The van der Waals surface area contributed by atoms with Crippen LogP contribution in [0.3, 0.4) is 0 Å². The summed E-state index contributed by atoms with van der Waals surface area (Å²) in [6.45, 7) is 8.54. The van der Waals surface area contributed by atoms with E-state index < -0.39 is 4.92 Å². The fraction of sp³-hybridized carbons (Fsp3) is 0.619. The molecule has 7 nitrogen and oxygen atoms in total. The second-order valence-corrected chi connectivity index (χ2v) is 8.25. The van der Waals surface area contributed by atoms with Gasteiger partial charge in [-0.3, -0.25) is 14.9 Å². The molecule has 2 unspecified atom stereocenters. The minimum Gasteiger partial charge on any atom is -0.461 e. The van der Waals surface area contributed by atoms with Gasteiger partial charge in [-0.25, -0.2) is 4.98 Å². The summed E-state index contributed by atoms with van der Waals surface area (Å²) in [5.41, 5.74) is 1.24. The van der Waals surface area contributed by atoms with Crippen LogP contribution in [0.5, 0.6) is 0 Å². The first-order valence-corrected chi connectivity index (χ1v) is 10.1. The van der Waals surface area contributed by atoms with E-state index in [0.717, 1.165) is 18.7 Å². The number of aryl methyl sites for hydroxylation is 1. The maximum atomic E-state index is 12.8. The van der Waals surface area contributed by atoms with E-state index in [0.29, 0.717) is 35.2 Å². The van der Waals surface area contributed by atoms with Gasteiger partial charge in [0.05, 0.1) is 16.0 Å². The molecule has 152 valence electrons. The first-order valence-electron chi connectivity index (χ1n) is 10.1. The molecule has 0 bridgehead atoms. The van der Waals surface area contributed by atoms with Crippen molar-refractivity contribution in [2.24, 2.45) is 17.8 Å². The van der Waals surface area contributed by atoms with Crippen LogP contribution in [0.2, 0.25) is 0 Å². The summed E-state index contributed by atoms with van der Waals surface area (Å²) < 4.78 is 7.66. The number of non-ortho nitro benzene ring substituents is 1. The van der Waals surface area contributed by atoms with Crippen molar-refractivity contribution in [1.29, 1.82) is 0 Å². The van der Waals surface area contributed by atoms with Gasteiger partial charge in [-0.05, 0) is 36.7 Å². The Bertz CT molecular complexity index is 874. The van der Waals surface area contributed by atoms with Crippen LogP contribution in [-0.4, -0.2) is 26.5 Å². The van der Waals surface area contributed by atoms with Crippen molar-refractivity contribution >= 4 is 22.7 Å². The molecule has 1 fully saturated rings. The molecule has 0 saturated heterocycles. The smallest absolute Gasteiger partial charge is 0.326 e. The summed E-state index contributed by atoms with van der Waals surface area (Å²) >= 11 is 0. The number of fused-ring (bicyclic) bond motifs is 1. The summed E-state index contributed by atoms with van der Waals surface area (Å²) in [6, 6.07) is 4.55. The molecule has 7 heteroatoms. The number of aromatic nitrogens is 2. The lowest BCUT2D eigenvalue weighted by Gasteiger charge is -2.36. The SMILES string of the molecule is CCc1nc2ccc([N+](=O)[O-])cc2n1CC(=O)O[C@@H]1CC(C)CCC1C(C)C. The number of carbonyl (C=O) groups is 1. The first-order chi connectivity index (χ1) is 13.3. The van der Waals surface area contributed by atoms with E-state index in [1.807, 2.05) is 6.92 Å². The van der Waals surface area contributed by atoms with Crippen LogP contribution < -0.4 is 0 Å². The molecule has 0 radical (unpaired) electrons. The van der Waals surface area contributed by atoms with Crippen LogP contribution in [0.4, 0.5) is 5.69 Å². The van der Waals surface area contributed by atoms with E-state index in [2.05, 4.69) is 25.8 Å². The Morgan fingerprint density at radius 3 is 2.79 bits per heavy atom. The number of carbonyl (C=O) groups excluding carboxylic acids is 1. The minimum atomic E-state index is -0.433. The van der Waals surface area contributed by atoms with Gasteiger partial charge in [0.15, 0.2) is 0 Å². The summed E-state index contributed by atoms with van der Waals surface area (Å²) in [5.74, 6) is 1.82. The number of benzene rings is 1. The molecule has 1 aliphatic carbocycles. The van der Waals surface area contributed by atoms with Crippen LogP contribution >= 0.6 is 0 Å². The summed E-state index contributed by atoms with van der Waals surface area (Å²) in [4.78, 5) is 28.0. The topological polar surface area (TPSA) is 87.3 Å². The molecule has 28 heavy (non-hydrogen) atoms. The minimum absolute atomic E-state index is 0.00866. The maximum Gasteiger partial charge on any atom is 0.326 e. The predicted molar refractivity (Wildman–Crippen MR) is 107 cm³/mol. The van der Waals surface area contributed by atoms with Crippen LogP contribution in [0, 0.1) is 27.9 Å². The second kappa shape index (κ2) is 8.29. The number of nitro benzene ring substituents is 1. The highest BCUT2D eigenvalue weighted by Crippen LogP contribution is 2.35. The third kappa shape index (κ3) is 4.18. The number of nitro groups is 1. The Hall–Kier alpha value is -2.44. The molecule has 1 heterocycles. The zero-order chi connectivity index (χ0) is 20.4. The van der Waals surface area contributed by atoms with Crippen LogP contribution in [-0.2, 0) is 22.5 Å². The molecule has 1 aromatic heterocycles. The van der Waals surface area contributed by atoms with E-state index in [1.54, 1.807) is 10.6 Å². The number of esters is 1. The highest BCUT2D eigenvalue weighted by molar-refractivity contribution is 5.81. The zero-order valence-electron chi connectivity index (χ0n) is 17.1. The van der Waals surface area contributed by atoms with Gasteiger partial charge in [-0.15, -0.1) is 0 Å². The number of hydrogen-bond acceptors (Lipinski definition) is 5. The van der Waals surface area contributed by atoms with Gasteiger partial charge in [-0.2, -0.15) is 0 Å². The predicted octanol–water partition coefficient (Wildman–Crippen LogP) is 4.51. The van der Waals surface area contributed by atoms with Crippen molar-refractivity contribution in [2.45, 2.75) is 66.0 Å². The molecule has 1 aliphatic rings.